The van der Waals surface area contributed by atoms with Crippen LogP contribution in [0, 0.1) is 0 Å². The van der Waals surface area contributed by atoms with Gasteiger partial charge >= 0.3 is 0 Å². The van der Waals surface area contributed by atoms with Gasteiger partial charge in [-0.05, 0) is 6.42 Å². The summed E-state index contributed by atoms with van der Waals surface area (Å²) < 4.78 is 0. The molecule has 78 valence electrons. The summed E-state index contributed by atoms with van der Waals surface area (Å²) in [6.07, 6.45) is 0.426. The maximum Gasteiger partial charge on any atom is 0.244 e. The van der Waals surface area contributed by atoms with Crippen LogP contribution in [0.4, 0.5) is 5.95 Å². The Morgan fingerprint density at radius 1 is 1.50 bits per heavy atom. The Morgan fingerprint density at radius 2 is 2.29 bits per heavy atom. The van der Waals surface area contributed by atoms with E-state index < -0.39 is 0 Å². The number of β-amino-alcohol motifs (C(OH)–C–C–N with tert-alkyl or cyclic N) is 1. The molecule has 0 saturated carbocycles. The van der Waals surface area contributed by atoms with Crippen LogP contribution < -0.4 is 10.2 Å². The van der Waals surface area contributed by atoms with Crippen molar-refractivity contribution in [1.82, 2.24) is 20.5 Å². The van der Waals surface area contributed by atoms with Gasteiger partial charge in [0, 0.05) is 20.6 Å². The summed E-state index contributed by atoms with van der Waals surface area (Å²) in [4.78, 5) is 6.15. The smallest absolute Gasteiger partial charge is 0.244 e. The second-order valence-corrected chi connectivity index (χ2v) is 3.77. The van der Waals surface area contributed by atoms with E-state index >= 15 is 0 Å². The molecule has 0 radical (unpaired) electrons. The van der Waals surface area contributed by atoms with Gasteiger partial charge < -0.3 is 15.3 Å². The van der Waals surface area contributed by atoms with Crippen molar-refractivity contribution in [2.24, 2.45) is 0 Å². The first-order valence-corrected chi connectivity index (χ1v) is 4.68. The predicted octanol–water partition coefficient (Wildman–Crippen LogP) is -0.734. The zero-order chi connectivity index (χ0) is 10.1. The Morgan fingerprint density at radius 3 is 2.79 bits per heavy atom. The van der Waals surface area contributed by atoms with Gasteiger partial charge in [0.05, 0.1) is 12.1 Å². The first-order valence-electron chi connectivity index (χ1n) is 4.68. The number of rotatable bonds is 2. The summed E-state index contributed by atoms with van der Waals surface area (Å²) in [6, 6.07) is 0.103. The maximum atomic E-state index is 9.34. The van der Waals surface area contributed by atoms with Crippen LogP contribution in [-0.4, -0.2) is 47.0 Å². The largest absolute Gasteiger partial charge is 0.392 e. The van der Waals surface area contributed by atoms with Crippen molar-refractivity contribution >= 4 is 5.95 Å². The van der Waals surface area contributed by atoms with Crippen LogP contribution in [-0.2, 0) is 0 Å². The SMILES string of the molecule is CN(C)c1n[nH]c([C@@H]2CC(O)CN2)n1. The number of aliphatic hydroxyl groups excluding tert-OH is 1. The van der Waals surface area contributed by atoms with Gasteiger partial charge in [0.15, 0.2) is 0 Å². The predicted molar refractivity (Wildman–Crippen MR) is 52.1 cm³/mol. The van der Waals surface area contributed by atoms with E-state index in [4.69, 9.17) is 0 Å². The molecule has 0 aromatic carbocycles. The van der Waals surface area contributed by atoms with Gasteiger partial charge in [-0.3, -0.25) is 5.10 Å². The Hall–Kier alpha value is -1.14. The lowest BCUT2D eigenvalue weighted by atomic mass is 10.2. The molecule has 6 heteroatoms. The molecule has 3 N–H and O–H groups in total. The van der Waals surface area contributed by atoms with Crippen LogP contribution in [0.15, 0.2) is 0 Å². The number of nitrogens with zero attached hydrogens (tertiary/aromatic N) is 3. The highest BCUT2D eigenvalue weighted by Gasteiger charge is 2.26. The van der Waals surface area contributed by atoms with Crippen molar-refractivity contribution in [3.63, 3.8) is 0 Å². The van der Waals surface area contributed by atoms with Crippen molar-refractivity contribution in [3.8, 4) is 0 Å². The van der Waals surface area contributed by atoms with Crippen molar-refractivity contribution in [1.29, 1.82) is 0 Å². The molecule has 1 fully saturated rings. The number of aromatic nitrogens is 3. The number of aromatic amines is 1. The molecule has 2 heterocycles. The van der Waals surface area contributed by atoms with E-state index in [2.05, 4.69) is 20.5 Å². The molecule has 1 aliphatic rings. The zero-order valence-electron chi connectivity index (χ0n) is 8.36. The summed E-state index contributed by atoms with van der Waals surface area (Å²) in [7, 11) is 3.79. The Labute approximate surface area is 82.3 Å². The lowest BCUT2D eigenvalue weighted by molar-refractivity contribution is 0.193. The Kier molecular flexibility index (Phi) is 2.39. The Balaban J connectivity index is 2.09. The minimum absolute atomic E-state index is 0.103. The fourth-order valence-electron chi connectivity index (χ4n) is 1.55. The van der Waals surface area contributed by atoms with E-state index in [1.807, 2.05) is 19.0 Å². The monoisotopic (exact) mass is 197 g/mol. The first-order chi connectivity index (χ1) is 6.66. The normalized spacial score (nSPS) is 26.8. The quantitative estimate of drug-likeness (QED) is 0.582. The van der Waals surface area contributed by atoms with Gasteiger partial charge in [-0.2, -0.15) is 4.98 Å². The van der Waals surface area contributed by atoms with Crippen molar-refractivity contribution in [3.05, 3.63) is 5.82 Å². The molecule has 1 aromatic heterocycles. The summed E-state index contributed by atoms with van der Waals surface area (Å²) in [5.41, 5.74) is 0. The summed E-state index contributed by atoms with van der Waals surface area (Å²) in [5, 5.41) is 19.4. The number of hydrogen-bond acceptors (Lipinski definition) is 5. The number of aliphatic hydroxyl groups is 1. The van der Waals surface area contributed by atoms with E-state index in [1.54, 1.807) is 0 Å². The molecular weight excluding hydrogens is 182 g/mol. The lowest BCUT2D eigenvalue weighted by Crippen LogP contribution is -2.16. The van der Waals surface area contributed by atoms with Crippen LogP contribution in [0.5, 0.6) is 0 Å². The number of hydrogen-bond donors (Lipinski definition) is 3. The highest BCUT2D eigenvalue weighted by atomic mass is 16.3. The molecule has 2 rings (SSSR count). The number of anilines is 1. The maximum absolute atomic E-state index is 9.34. The third-order valence-electron chi connectivity index (χ3n) is 2.33. The summed E-state index contributed by atoms with van der Waals surface area (Å²) in [5.74, 6) is 1.47. The highest BCUT2D eigenvalue weighted by Crippen LogP contribution is 2.20. The van der Waals surface area contributed by atoms with Crippen LogP contribution >= 0.6 is 0 Å². The first kappa shape index (κ1) is 9.42. The van der Waals surface area contributed by atoms with E-state index in [1.165, 1.54) is 0 Å². The van der Waals surface area contributed by atoms with Gasteiger partial charge in [0.2, 0.25) is 5.95 Å². The molecule has 6 nitrogen and oxygen atoms in total. The number of H-pyrrole nitrogens is 1. The highest BCUT2D eigenvalue weighted by molar-refractivity contribution is 5.25. The average Bonchev–Trinajstić information content (AvgIpc) is 2.70. The third-order valence-corrected chi connectivity index (χ3v) is 2.33. The van der Waals surface area contributed by atoms with Crippen LogP contribution in [0.1, 0.15) is 18.3 Å². The van der Waals surface area contributed by atoms with E-state index in [0.29, 0.717) is 18.9 Å². The molecule has 1 saturated heterocycles. The molecule has 1 aromatic rings. The molecule has 0 aliphatic carbocycles. The fraction of sp³-hybridized carbons (Fsp3) is 0.750. The van der Waals surface area contributed by atoms with Crippen molar-refractivity contribution < 1.29 is 5.11 Å². The molecule has 1 unspecified atom stereocenters. The summed E-state index contributed by atoms with van der Waals surface area (Å²) in [6.45, 7) is 0.628. The minimum Gasteiger partial charge on any atom is -0.392 e. The molecule has 2 atom stereocenters. The van der Waals surface area contributed by atoms with Crippen LogP contribution in [0.3, 0.4) is 0 Å². The molecule has 14 heavy (non-hydrogen) atoms. The topological polar surface area (TPSA) is 77.1 Å². The van der Waals surface area contributed by atoms with Gasteiger partial charge in [-0.1, -0.05) is 0 Å². The van der Waals surface area contributed by atoms with Crippen molar-refractivity contribution in [2.45, 2.75) is 18.6 Å². The average molecular weight is 197 g/mol. The molecule has 0 amide bonds. The van der Waals surface area contributed by atoms with E-state index in [-0.39, 0.29) is 12.1 Å². The second-order valence-electron chi connectivity index (χ2n) is 3.77. The van der Waals surface area contributed by atoms with Crippen LogP contribution in [0.2, 0.25) is 0 Å². The van der Waals surface area contributed by atoms with Crippen molar-refractivity contribution in [2.75, 3.05) is 25.5 Å². The van der Waals surface area contributed by atoms with Crippen LogP contribution in [0.25, 0.3) is 0 Å². The fourth-order valence-corrected chi connectivity index (χ4v) is 1.55. The lowest BCUT2D eigenvalue weighted by Gasteiger charge is -2.06. The number of nitrogens with one attached hydrogen (secondary N) is 2. The molecule has 0 spiro atoms. The zero-order valence-corrected chi connectivity index (χ0v) is 8.36. The van der Waals surface area contributed by atoms with E-state index in [9.17, 15) is 5.11 Å². The Bertz CT molecular complexity index is 310. The second kappa shape index (κ2) is 3.55. The molecule has 1 aliphatic heterocycles. The summed E-state index contributed by atoms with van der Waals surface area (Å²) >= 11 is 0. The van der Waals surface area contributed by atoms with Gasteiger partial charge in [0.1, 0.15) is 5.82 Å². The third kappa shape index (κ3) is 1.71. The van der Waals surface area contributed by atoms with Gasteiger partial charge in [-0.15, -0.1) is 5.10 Å². The minimum atomic E-state index is -0.270. The standard InChI is InChI=1S/C8H15N5O/c1-13(2)8-10-7(11-12-8)6-3-5(14)4-9-6/h5-6,9,14H,3-4H2,1-2H3,(H,10,11,12)/t5?,6-/m0/s1. The van der Waals surface area contributed by atoms with Gasteiger partial charge in [0.25, 0.3) is 0 Å². The molecule has 0 bridgehead atoms. The van der Waals surface area contributed by atoms with Gasteiger partial charge in [-0.25, -0.2) is 0 Å². The van der Waals surface area contributed by atoms with E-state index in [0.717, 1.165) is 5.82 Å². The molecular formula is C8H15N5O.